The number of anilines is 2. The van der Waals surface area contributed by atoms with Crippen LogP contribution in [0, 0.1) is 0 Å². The molecule has 0 aliphatic carbocycles. The summed E-state index contributed by atoms with van der Waals surface area (Å²) in [5, 5.41) is 8.07. The van der Waals surface area contributed by atoms with E-state index in [0.717, 1.165) is 13.0 Å². The van der Waals surface area contributed by atoms with Gasteiger partial charge in [-0.3, -0.25) is 4.21 Å². The van der Waals surface area contributed by atoms with Gasteiger partial charge in [-0.1, -0.05) is 17.2 Å². The van der Waals surface area contributed by atoms with Gasteiger partial charge in [0.25, 0.3) is 5.89 Å². The second-order valence-corrected chi connectivity index (χ2v) is 7.07. The zero-order chi connectivity index (χ0) is 19.0. The number of nitrogens with zero attached hydrogens (tertiary/aromatic N) is 5. The average Bonchev–Trinajstić information content (AvgIpc) is 3.31. The van der Waals surface area contributed by atoms with Gasteiger partial charge < -0.3 is 25.3 Å². The average molecular weight is 386 g/mol. The van der Waals surface area contributed by atoms with Crippen LogP contribution in [0.3, 0.4) is 0 Å². The number of nitrogens with two attached hydrogens (primary N) is 2. The fourth-order valence-corrected chi connectivity index (χ4v) is 3.19. The summed E-state index contributed by atoms with van der Waals surface area (Å²) in [7, 11) is 0. The first-order valence-electron chi connectivity index (χ1n) is 8.18. The van der Waals surface area contributed by atoms with E-state index in [2.05, 4.69) is 20.2 Å². The number of benzene rings is 1. The summed E-state index contributed by atoms with van der Waals surface area (Å²) < 4.78 is 27.7. The van der Waals surface area contributed by atoms with Crippen molar-refractivity contribution in [1.82, 2.24) is 20.2 Å². The molecule has 140 valence electrons. The number of rotatable bonds is 4. The van der Waals surface area contributed by atoms with E-state index in [1.54, 1.807) is 12.1 Å². The van der Waals surface area contributed by atoms with Crippen molar-refractivity contribution < 1.29 is 13.2 Å². The van der Waals surface area contributed by atoms with E-state index in [9.17, 15) is 8.76 Å². The highest BCUT2D eigenvalue weighted by molar-refractivity contribution is 7.79. The van der Waals surface area contributed by atoms with E-state index in [1.165, 1.54) is 18.3 Å². The Balaban J connectivity index is 1.65. The number of nitrogen functional groups attached to an aromatic ring is 1. The van der Waals surface area contributed by atoms with Crippen molar-refractivity contribution in [2.24, 2.45) is 5.73 Å². The molecule has 27 heavy (non-hydrogen) atoms. The van der Waals surface area contributed by atoms with E-state index in [4.69, 9.17) is 15.9 Å². The first-order valence-corrected chi connectivity index (χ1v) is 9.25. The summed E-state index contributed by atoms with van der Waals surface area (Å²) in [6, 6.07) is 6.70. The van der Waals surface area contributed by atoms with Crippen LogP contribution in [0.25, 0.3) is 22.8 Å². The Hall–Kier alpha value is -2.89. The molecule has 3 heterocycles. The van der Waals surface area contributed by atoms with Crippen molar-refractivity contribution in [2.45, 2.75) is 17.4 Å². The van der Waals surface area contributed by atoms with Crippen LogP contribution in [0.4, 0.5) is 11.8 Å². The minimum atomic E-state index is -2.29. The Morgan fingerprint density at radius 3 is 2.70 bits per heavy atom. The van der Waals surface area contributed by atoms with Crippen LogP contribution >= 0.6 is 0 Å². The molecule has 1 saturated heterocycles. The smallest absolute Gasteiger partial charge is 0.318 e. The molecule has 1 aromatic carbocycles. The van der Waals surface area contributed by atoms with Crippen LogP contribution in [0.1, 0.15) is 6.42 Å². The van der Waals surface area contributed by atoms with Gasteiger partial charge in [-0.05, 0) is 29.6 Å². The summed E-state index contributed by atoms with van der Waals surface area (Å²) >= 11 is -2.29. The molecule has 4 rings (SSSR count). The second kappa shape index (κ2) is 7.02. The van der Waals surface area contributed by atoms with Crippen molar-refractivity contribution >= 4 is 22.9 Å². The minimum Gasteiger partial charge on any atom is -0.768 e. The highest BCUT2D eigenvalue weighted by Gasteiger charge is 2.25. The normalized spacial score (nSPS) is 18.0. The van der Waals surface area contributed by atoms with E-state index in [-0.39, 0.29) is 28.3 Å². The summed E-state index contributed by atoms with van der Waals surface area (Å²) in [5.41, 5.74) is 13.3. The number of aromatic nitrogens is 4. The molecule has 0 bridgehead atoms. The number of hydrogen-bond donors (Lipinski definition) is 2. The van der Waals surface area contributed by atoms with Crippen LogP contribution in [-0.2, 0) is 11.1 Å². The van der Waals surface area contributed by atoms with Gasteiger partial charge >= 0.3 is 6.01 Å². The van der Waals surface area contributed by atoms with E-state index in [0.29, 0.717) is 23.8 Å². The molecule has 2 aromatic heterocycles. The van der Waals surface area contributed by atoms with Crippen LogP contribution < -0.4 is 16.4 Å². The highest BCUT2D eigenvalue weighted by atomic mass is 32.2. The molecule has 2 atom stereocenters. The third-order valence-electron chi connectivity index (χ3n) is 4.26. The largest absolute Gasteiger partial charge is 0.768 e. The van der Waals surface area contributed by atoms with Gasteiger partial charge in [-0.25, -0.2) is 9.97 Å². The molecule has 11 heteroatoms. The van der Waals surface area contributed by atoms with Gasteiger partial charge in [0.2, 0.25) is 0 Å². The van der Waals surface area contributed by atoms with Crippen LogP contribution in [-0.4, -0.2) is 48.1 Å². The molecule has 1 aliphatic rings. The molecule has 10 nitrogen and oxygen atoms in total. The molecule has 3 aromatic rings. The molecular formula is C16H16N7O3S-. The first kappa shape index (κ1) is 17.5. The highest BCUT2D eigenvalue weighted by Crippen LogP contribution is 2.28. The third-order valence-corrected chi connectivity index (χ3v) is 4.91. The quantitative estimate of drug-likeness (QED) is 0.606. The standard InChI is InChI=1S/C16H17N7O3S/c17-10-5-6-23(8-10)16-22-21-15(26-16)13-14(18)19-7-12(20-13)9-1-3-11(4-2-9)27(24)25/h1-4,7,10H,5-6,8,17H2,(H2,18,19)(H,24,25)/p-1. The van der Waals surface area contributed by atoms with Gasteiger partial charge in [0.15, 0.2) is 11.5 Å². The molecule has 0 saturated carbocycles. The molecule has 0 radical (unpaired) electrons. The lowest BCUT2D eigenvalue weighted by Crippen LogP contribution is -2.26. The predicted octanol–water partition coefficient (Wildman–Crippen LogP) is 0.551. The lowest BCUT2D eigenvalue weighted by molar-refractivity contribution is 0.537. The fraction of sp³-hybridized carbons (Fsp3) is 0.250. The van der Waals surface area contributed by atoms with E-state index >= 15 is 0 Å². The maximum absolute atomic E-state index is 11.0. The maximum Gasteiger partial charge on any atom is 0.318 e. The minimum absolute atomic E-state index is 0.0833. The van der Waals surface area contributed by atoms with Crippen LogP contribution in [0.2, 0.25) is 0 Å². The van der Waals surface area contributed by atoms with Gasteiger partial charge in [-0.15, -0.1) is 5.10 Å². The van der Waals surface area contributed by atoms with E-state index in [1.807, 2.05) is 4.90 Å². The monoisotopic (exact) mass is 386 g/mol. The Bertz CT molecular complexity index is 992. The molecule has 2 unspecified atom stereocenters. The summed E-state index contributed by atoms with van der Waals surface area (Å²) in [6.07, 6.45) is 2.36. The van der Waals surface area contributed by atoms with Crippen LogP contribution in [0.15, 0.2) is 39.8 Å². The summed E-state index contributed by atoms with van der Waals surface area (Å²) in [6.45, 7) is 1.40. The van der Waals surface area contributed by atoms with E-state index < -0.39 is 11.1 Å². The predicted molar refractivity (Wildman–Crippen MR) is 97.2 cm³/mol. The third kappa shape index (κ3) is 3.52. The van der Waals surface area contributed by atoms with Crippen molar-refractivity contribution in [3.05, 3.63) is 30.5 Å². The summed E-state index contributed by atoms with van der Waals surface area (Å²) in [4.78, 5) is 10.7. The lowest BCUT2D eigenvalue weighted by atomic mass is 10.1. The second-order valence-electron chi connectivity index (χ2n) is 6.13. The lowest BCUT2D eigenvalue weighted by Gasteiger charge is -2.10. The Labute approximate surface area is 156 Å². The topological polar surface area (TPSA) is 160 Å². The van der Waals surface area contributed by atoms with Gasteiger partial charge in [0, 0.05) is 29.6 Å². The van der Waals surface area contributed by atoms with Gasteiger partial charge in [0.1, 0.15) is 0 Å². The zero-order valence-electron chi connectivity index (χ0n) is 14.1. The molecule has 1 fully saturated rings. The molecule has 0 amide bonds. The van der Waals surface area contributed by atoms with Crippen molar-refractivity contribution in [2.75, 3.05) is 23.7 Å². The Morgan fingerprint density at radius 2 is 2.04 bits per heavy atom. The maximum atomic E-state index is 11.0. The molecule has 4 N–H and O–H groups in total. The molecular weight excluding hydrogens is 370 g/mol. The van der Waals surface area contributed by atoms with Crippen molar-refractivity contribution in [1.29, 1.82) is 0 Å². The Kier molecular flexibility index (Phi) is 4.56. The summed E-state index contributed by atoms with van der Waals surface area (Å²) in [5.74, 6) is 0.318. The van der Waals surface area contributed by atoms with Crippen molar-refractivity contribution in [3.8, 4) is 22.8 Å². The number of hydrogen-bond acceptors (Lipinski definition) is 10. The zero-order valence-corrected chi connectivity index (χ0v) is 14.9. The molecule has 1 aliphatic heterocycles. The fourth-order valence-electron chi connectivity index (χ4n) is 2.83. The molecule has 0 spiro atoms. The SMILES string of the molecule is Nc1ncc(-c2ccc(S(=O)[O-])cc2)nc1-c1nnc(N2CCC(N)C2)o1. The Morgan fingerprint density at radius 1 is 1.26 bits per heavy atom. The van der Waals surface area contributed by atoms with Gasteiger partial charge in [-0.2, -0.15) is 0 Å². The van der Waals surface area contributed by atoms with Gasteiger partial charge in [0.05, 0.1) is 11.9 Å². The first-order chi connectivity index (χ1) is 13.0. The van der Waals surface area contributed by atoms with Crippen molar-refractivity contribution in [3.63, 3.8) is 0 Å². The van der Waals surface area contributed by atoms with Crippen LogP contribution in [0.5, 0.6) is 0 Å².